The van der Waals surface area contributed by atoms with Gasteiger partial charge in [0.25, 0.3) is 0 Å². The molecule has 0 N–H and O–H groups in total. The van der Waals surface area contributed by atoms with E-state index in [9.17, 15) is 4.21 Å². The Balaban J connectivity index is 1.78. The van der Waals surface area contributed by atoms with Crippen molar-refractivity contribution in [2.75, 3.05) is 24.2 Å². The van der Waals surface area contributed by atoms with Crippen LogP contribution < -0.4 is 4.90 Å². The maximum absolute atomic E-state index is 11.6. The first kappa shape index (κ1) is 16.3. The summed E-state index contributed by atoms with van der Waals surface area (Å²) in [5, 5.41) is 0. The van der Waals surface area contributed by atoms with E-state index in [1.54, 1.807) is 6.26 Å². The number of benzene rings is 1. The maximum Gasteiger partial charge on any atom is 0.235 e. The van der Waals surface area contributed by atoms with Crippen molar-refractivity contribution < 1.29 is 4.21 Å². The lowest BCUT2D eigenvalue weighted by molar-refractivity contribution is 0.687. The molecule has 1 unspecified atom stereocenters. The Morgan fingerprint density at radius 2 is 1.88 bits per heavy atom. The van der Waals surface area contributed by atoms with Gasteiger partial charge >= 0.3 is 0 Å². The molecule has 1 aliphatic rings. The fourth-order valence-corrected chi connectivity index (χ4v) is 4.07. The van der Waals surface area contributed by atoms with Crippen LogP contribution >= 0.6 is 0 Å². The van der Waals surface area contributed by atoms with Crippen LogP contribution in [0.15, 0.2) is 41.6 Å². The zero-order chi connectivity index (χ0) is 17.4. The largest absolute Gasteiger partial charge is 0.357 e. The van der Waals surface area contributed by atoms with Gasteiger partial charge < -0.3 is 4.90 Å². The summed E-state index contributed by atoms with van der Waals surface area (Å²) in [7, 11) is -0.941. The first-order valence-electron chi connectivity index (χ1n) is 8.63. The van der Waals surface area contributed by atoms with Gasteiger partial charge in [0, 0.05) is 65.1 Å². The molecule has 5 nitrogen and oxygen atoms in total. The molecule has 1 saturated heterocycles. The van der Waals surface area contributed by atoms with E-state index in [1.165, 1.54) is 29.8 Å². The third kappa shape index (κ3) is 3.06. The minimum atomic E-state index is -0.941. The topological polar surface area (TPSA) is 50.5 Å². The highest BCUT2D eigenvalue weighted by molar-refractivity contribution is 7.84. The van der Waals surface area contributed by atoms with Crippen LogP contribution in [0.1, 0.15) is 29.7 Å². The highest BCUT2D eigenvalue weighted by atomic mass is 32.2. The van der Waals surface area contributed by atoms with Crippen LogP contribution in [0, 0.1) is 6.92 Å². The molecule has 0 spiro atoms. The number of aryl methyl sites for hydroxylation is 1. The second kappa shape index (κ2) is 6.59. The van der Waals surface area contributed by atoms with E-state index in [2.05, 4.69) is 38.3 Å². The van der Waals surface area contributed by atoms with Crippen LogP contribution in [0.25, 0.3) is 5.78 Å². The molecule has 2 aromatic heterocycles. The first-order chi connectivity index (χ1) is 12.1. The van der Waals surface area contributed by atoms with Gasteiger partial charge in [-0.05, 0) is 37.5 Å². The van der Waals surface area contributed by atoms with Gasteiger partial charge in [0.2, 0.25) is 5.78 Å². The van der Waals surface area contributed by atoms with E-state index < -0.39 is 10.8 Å². The van der Waals surface area contributed by atoms with E-state index in [0.29, 0.717) is 0 Å². The van der Waals surface area contributed by atoms with E-state index in [0.717, 1.165) is 35.9 Å². The molecular weight excluding hydrogens is 332 g/mol. The summed E-state index contributed by atoms with van der Waals surface area (Å²) < 4.78 is 13.7. The second-order valence-corrected chi connectivity index (χ2v) is 7.95. The fraction of sp³-hybridized carbons (Fsp3) is 0.368. The van der Waals surface area contributed by atoms with E-state index in [1.807, 2.05) is 24.5 Å². The number of anilines is 1. The lowest BCUT2D eigenvalue weighted by Crippen LogP contribution is -2.23. The Morgan fingerprint density at radius 1 is 1.16 bits per heavy atom. The van der Waals surface area contributed by atoms with Gasteiger partial charge in [0.1, 0.15) is 5.82 Å². The number of rotatable bonds is 4. The highest BCUT2D eigenvalue weighted by Crippen LogP contribution is 2.29. The molecule has 25 heavy (non-hydrogen) atoms. The average Bonchev–Trinajstić information content (AvgIpc) is 3.27. The minimum absolute atomic E-state index is 0.764. The van der Waals surface area contributed by atoms with Crippen LogP contribution in [-0.4, -0.2) is 37.9 Å². The molecule has 3 aromatic rings. The lowest BCUT2D eigenvalue weighted by atomic mass is 10.0. The monoisotopic (exact) mass is 354 g/mol. The number of aromatic nitrogens is 3. The zero-order valence-corrected chi connectivity index (χ0v) is 15.4. The van der Waals surface area contributed by atoms with E-state index >= 15 is 0 Å². The predicted octanol–water partition coefficient (Wildman–Crippen LogP) is 2.97. The molecule has 1 atom stereocenters. The van der Waals surface area contributed by atoms with Crippen LogP contribution in [-0.2, 0) is 17.2 Å². The predicted molar refractivity (Wildman–Crippen MR) is 101 cm³/mol. The molecular formula is C19H22N4OS. The number of nitrogens with zero attached hydrogens (tertiary/aromatic N) is 4. The smallest absolute Gasteiger partial charge is 0.235 e. The van der Waals surface area contributed by atoms with Gasteiger partial charge in [-0.15, -0.1) is 0 Å². The van der Waals surface area contributed by atoms with Crippen molar-refractivity contribution in [1.82, 2.24) is 14.4 Å². The summed E-state index contributed by atoms with van der Waals surface area (Å²) >= 11 is 0. The van der Waals surface area contributed by atoms with Crippen molar-refractivity contribution in [2.45, 2.75) is 31.1 Å². The molecule has 0 bridgehead atoms. The number of fused-ring (bicyclic) bond motifs is 1. The quantitative estimate of drug-likeness (QED) is 0.723. The number of hydrogen-bond acceptors (Lipinski definition) is 4. The zero-order valence-electron chi connectivity index (χ0n) is 14.6. The second-order valence-electron chi connectivity index (χ2n) is 6.57. The molecule has 3 heterocycles. The molecule has 1 aromatic carbocycles. The number of hydrogen-bond donors (Lipinski definition) is 0. The fourth-order valence-electron chi connectivity index (χ4n) is 3.55. The maximum atomic E-state index is 11.6. The Morgan fingerprint density at radius 3 is 2.56 bits per heavy atom. The molecule has 1 fully saturated rings. The lowest BCUT2D eigenvalue weighted by Gasteiger charge is -2.24. The summed E-state index contributed by atoms with van der Waals surface area (Å²) in [5.74, 6) is 1.99. The molecule has 1 aliphatic heterocycles. The van der Waals surface area contributed by atoms with Crippen LogP contribution in [0.4, 0.5) is 5.82 Å². The Labute approximate surface area is 150 Å². The first-order valence-corrected chi connectivity index (χ1v) is 10.2. The molecule has 4 rings (SSSR count). The number of imidazole rings is 1. The molecule has 130 valence electrons. The summed E-state index contributed by atoms with van der Waals surface area (Å²) in [4.78, 5) is 12.4. The Bertz CT molecular complexity index is 926. The van der Waals surface area contributed by atoms with Crippen LogP contribution in [0.5, 0.6) is 0 Å². The summed E-state index contributed by atoms with van der Waals surface area (Å²) in [6, 6.07) is 8.06. The van der Waals surface area contributed by atoms with E-state index in [-0.39, 0.29) is 0 Å². The molecule has 0 saturated carbocycles. The van der Waals surface area contributed by atoms with Gasteiger partial charge in [-0.2, -0.15) is 0 Å². The molecule has 0 aliphatic carbocycles. The Hall–Kier alpha value is -2.21. The molecule has 0 amide bonds. The van der Waals surface area contributed by atoms with Crippen molar-refractivity contribution in [1.29, 1.82) is 0 Å². The van der Waals surface area contributed by atoms with Gasteiger partial charge in [-0.1, -0.05) is 12.1 Å². The summed E-state index contributed by atoms with van der Waals surface area (Å²) in [6.07, 6.45) is 8.80. The SMILES string of the molecule is Cc1nc2nccn2c(N2CCCC2)c1Cc1ccc(S(C)=O)cc1. The normalized spacial score (nSPS) is 15.8. The highest BCUT2D eigenvalue weighted by Gasteiger charge is 2.21. The van der Waals surface area contributed by atoms with Crippen LogP contribution in [0.3, 0.4) is 0 Å². The van der Waals surface area contributed by atoms with Gasteiger partial charge in [0.05, 0.1) is 0 Å². The van der Waals surface area contributed by atoms with Crippen molar-refractivity contribution >= 4 is 22.4 Å². The van der Waals surface area contributed by atoms with Crippen molar-refractivity contribution in [3.8, 4) is 0 Å². The Kier molecular flexibility index (Phi) is 4.29. The summed E-state index contributed by atoms with van der Waals surface area (Å²) in [5.41, 5.74) is 3.49. The van der Waals surface area contributed by atoms with Crippen molar-refractivity contribution in [2.24, 2.45) is 0 Å². The third-order valence-corrected chi connectivity index (χ3v) is 5.80. The average molecular weight is 354 g/mol. The van der Waals surface area contributed by atoms with Crippen LogP contribution in [0.2, 0.25) is 0 Å². The minimum Gasteiger partial charge on any atom is -0.357 e. The van der Waals surface area contributed by atoms with E-state index in [4.69, 9.17) is 0 Å². The standard InChI is InChI=1S/C19H22N4OS/c1-14-17(13-15-5-7-16(8-6-15)25(2)24)18(22-10-3-4-11-22)23-12-9-20-19(23)21-14/h5-9,12H,3-4,10-11,13H2,1-2H3. The van der Waals surface area contributed by atoms with Gasteiger partial charge in [-0.3, -0.25) is 8.61 Å². The third-order valence-electron chi connectivity index (χ3n) is 4.87. The molecule has 6 heteroatoms. The van der Waals surface area contributed by atoms with Gasteiger partial charge in [-0.25, -0.2) is 9.97 Å². The van der Waals surface area contributed by atoms with Crippen molar-refractivity contribution in [3.63, 3.8) is 0 Å². The van der Waals surface area contributed by atoms with Gasteiger partial charge in [0.15, 0.2) is 0 Å². The van der Waals surface area contributed by atoms with Crippen molar-refractivity contribution in [3.05, 3.63) is 53.5 Å². The summed E-state index contributed by atoms with van der Waals surface area (Å²) in [6.45, 7) is 4.23. The molecule has 0 radical (unpaired) electrons.